The molecule has 1 aliphatic rings. The third-order valence-electron chi connectivity index (χ3n) is 4.32. The lowest BCUT2D eigenvalue weighted by Gasteiger charge is -2.35. The molecule has 1 aliphatic heterocycles. The van der Waals surface area contributed by atoms with Crippen molar-refractivity contribution in [1.29, 1.82) is 0 Å². The molecule has 23 heavy (non-hydrogen) atoms. The van der Waals surface area contributed by atoms with Crippen molar-refractivity contribution < 1.29 is 0 Å². The zero-order valence-corrected chi connectivity index (χ0v) is 14.0. The molecule has 2 aromatic rings. The quantitative estimate of drug-likeness (QED) is 0.802. The van der Waals surface area contributed by atoms with Gasteiger partial charge in [-0.25, -0.2) is 19.6 Å². The van der Waals surface area contributed by atoms with Crippen LogP contribution in [0.5, 0.6) is 0 Å². The van der Waals surface area contributed by atoms with Crippen molar-refractivity contribution in [1.82, 2.24) is 29.6 Å². The summed E-state index contributed by atoms with van der Waals surface area (Å²) >= 11 is 0. The highest BCUT2D eigenvalue weighted by Crippen LogP contribution is 2.20. The van der Waals surface area contributed by atoms with Gasteiger partial charge in [0.2, 0.25) is 0 Å². The van der Waals surface area contributed by atoms with Crippen LogP contribution in [0.3, 0.4) is 0 Å². The van der Waals surface area contributed by atoms with Crippen molar-refractivity contribution in [2.75, 3.05) is 31.1 Å². The molecular weight excluding hydrogens is 290 g/mol. The van der Waals surface area contributed by atoms with Crippen LogP contribution in [0.25, 0.3) is 0 Å². The first kappa shape index (κ1) is 15.9. The van der Waals surface area contributed by atoms with Crippen LogP contribution in [-0.4, -0.2) is 55.8 Å². The number of hydrogen-bond acceptors (Lipinski definition) is 6. The van der Waals surface area contributed by atoms with E-state index in [-0.39, 0.29) is 0 Å². The van der Waals surface area contributed by atoms with Crippen molar-refractivity contribution in [2.45, 2.75) is 39.8 Å². The molecule has 0 bridgehead atoms. The SMILES string of the molecule is CCCc1cncnc1N1CCN(Cc2ncnn2CC)CC1. The summed E-state index contributed by atoms with van der Waals surface area (Å²) in [6.07, 6.45) is 7.42. The van der Waals surface area contributed by atoms with Crippen LogP contribution >= 0.6 is 0 Å². The molecule has 3 rings (SSSR count). The van der Waals surface area contributed by atoms with Gasteiger partial charge in [-0.3, -0.25) is 4.90 Å². The molecule has 2 aromatic heterocycles. The van der Waals surface area contributed by atoms with Gasteiger partial charge >= 0.3 is 0 Å². The van der Waals surface area contributed by atoms with Crippen LogP contribution in [0.1, 0.15) is 31.7 Å². The van der Waals surface area contributed by atoms with E-state index in [1.54, 1.807) is 12.7 Å². The molecule has 0 radical (unpaired) electrons. The predicted octanol–water partition coefficient (Wildman–Crippen LogP) is 1.36. The van der Waals surface area contributed by atoms with Crippen molar-refractivity contribution in [3.05, 3.63) is 30.2 Å². The Balaban J connectivity index is 1.60. The molecule has 7 heteroatoms. The fourth-order valence-corrected chi connectivity index (χ4v) is 3.07. The largest absolute Gasteiger partial charge is 0.354 e. The fraction of sp³-hybridized carbons (Fsp3) is 0.625. The minimum absolute atomic E-state index is 0.868. The third kappa shape index (κ3) is 3.67. The predicted molar refractivity (Wildman–Crippen MR) is 89.2 cm³/mol. The number of hydrogen-bond donors (Lipinski definition) is 0. The van der Waals surface area contributed by atoms with Gasteiger partial charge < -0.3 is 4.90 Å². The third-order valence-corrected chi connectivity index (χ3v) is 4.32. The summed E-state index contributed by atoms with van der Waals surface area (Å²) in [7, 11) is 0. The molecule has 0 aromatic carbocycles. The average Bonchev–Trinajstić information content (AvgIpc) is 3.04. The number of anilines is 1. The van der Waals surface area contributed by atoms with Crippen LogP contribution in [0.15, 0.2) is 18.9 Å². The fourth-order valence-electron chi connectivity index (χ4n) is 3.07. The molecule has 0 unspecified atom stereocenters. The summed E-state index contributed by atoms with van der Waals surface area (Å²) in [4.78, 5) is 17.9. The van der Waals surface area contributed by atoms with E-state index >= 15 is 0 Å². The maximum absolute atomic E-state index is 4.52. The van der Waals surface area contributed by atoms with Crippen LogP contribution in [-0.2, 0) is 19.5 Å². The van der Waals surface area contributed by atoms with Crippen LogP contribution < -0.4 is 4.90 Å². The van der Waals surface area contributed by atoms with Gasteiger partial charge in [-0.1, -0.05) is 13.3 Å². The van der Waals surface area contributed by atoms with E-state index in [9.17, 15) is 0 Å². The Morgan fingerprint density at radius 3 is 2.61 bits per heavy atom. The highest BCUT2D eigenvalue weighted by Gasteiger charge is 2.21. The maximum Gasteiger partial charge on any atom is 0.140 e. The van der Waals surface area contributed by atoms with Gasteiger partial charge in [0, 0.05) is 44.5 Å². The summed E-state index contributed by atoms with van der Waals surface area (Å²) in [6, 6.07) is 0. The highest BCUT2D eigenvalue weighted by molar-refractivity contribution is 5.46. The van der Waals surface area contributed by atoms with Crippen LogP contribution in [0.4, 0.5) is 5.82 Å². The summed E-state index contributed by atoms with van der Waals surface area (Å²) < 4.78 is 1.97. The van der Waals surface area contributed by atoms with Crippen LogP contribution in [0, 0.1) is 0 Å². The Labute approximate surface area is 137 Å². The van der Waals surface area contributed by atoms with Crippen molar-refractivity contribution >= 4 is 5.82 Å². The standard InChI is InChI=1S/C16H25N7/c1-3-5-14-10-17-12-19-16(14)22-8-6-21(7-9-22)11-15-18-13-20-23(15)4-2/h10,12-13H,3-9,11H2,1-2H3. The van der Waals surface area contributed by atoms with Gasteiger partial charge in [0.1, 0.15) is 24.3 Å². The first-order chi connectivity index (χ1) is 11.3. The minimum Gasteiger partial charge on any atom is -0.354 e. The Morgan fingerprint density at radius 2 is 1.87 bits per heavy atom. The second kappa shape index (κ2) is 7.50. The summed E-state index contributed by atoms with van der Waals surface area (Å²) in [5, 5.41) is 4.25. The number of aromatic nitrogens is 5. The van der Waals surface area contributed by atoms with E-state index in [1.165, 1.54) is 5.56 Å². The topological polar surface area (TPSA) is 63.0 Å². The van der Waals surface area contributed by atoms with Gasteiger partial charge in [0.05, 0.1) is 6.54 Å². The first-order valence-electron chi connectivity index (χ1n) is 8.44. The zero-order valence-electron chi connectivity index (χ0n) is 14.0. The Morgan fingerprint density at radius 1 is 1.04 bits per heavy atom. The van der Waals surface area contributed by atoms with E-state index in [1.807, 2.05) is 10.9 Å². The van der Waals surface area contributed by atoms with Crippen molar-refractivity contribution in [2.24, 2.45) is 0 Å². The summed E-state index contributed by atoms with van der Waals surface area (Å²) in [5.74, 6) is 2.16. The van der Waals surface area contributed by atoms with Crippen molar-refractivity contribution in [3.8, 4) is 0 Å². The summed E-state index contributed by atoms with van der Waals surface area (Å²) in [6.45, 7) is 10.1. The van der Waals surface area contributed by atoms with Gasteiger partial charge in [0.25, 0.3) is 0 Å². The van der Waals surface area contributed by atoms with E-state index in [4.69, 9.17) is 0 Å². The normalized spacial score (nSPS) is 16.0. The van der Waals surface area contributed by atoms with Gasteiger partial charge in [0.15, 0.2) is 0 Å². The van der Waals surface area contributed by atoms with Crippen LogP contribution in [0.2, 0.25) is 0 Å². The number of aryl methyl sites for hydroxylation is 2. The lowest BCUT2D eigenvalue weighted by atomic mass is 10.1. The van der Waals surface area contributed by atoms with E-state index in [0.29, 0.717) is 0 Å². The monoisotopic (exact) mass is 315 g/mol. The Kier molecular flexibility index (Phi) is 5.17. The zero-order chi connectivity index (χ0) is 16.1. The molecule has 1 saturated heterocycles. The lowest BCUT2D eigenvalue weighted by molar-refractivity contribution is 0.239. The maximum atomic E-state index is 4.52. The van der Waals surface area contributed by atoms with E-state index in [2.05, 4.69) is 43.7 Å². The second-order valence-electron chi connectivity index (χ2n) is 5.88. The number of piperazine rings is 1. The molecule has 0 aliphatic carbocycles. The highest BCUT2D eigenvalue weighted by atomic mass is 15.4. The minimum atomic E-state index is 0.868. The average molecular weight is 315 g/mol. The Hall–Kier alpha value is -2.02. The second-order valence-corrected chi connectivity index (χ2v) is 5.88. The van der Waals surface area contributed by atoms with Gasteiger partial charge in [-0.2, -0.15) is 5.10 Å². The van der Waals surface area contributed by atoms with E-state index < -0.39 is 0 Å². The molecular formula is C16H25N7. The molecule has 0 N–H and O–H groups in total. The molecule has 0 saturated carbocycles. The molecule has 7 nitrogen and oxygen atoms in total. The smallest absolute Gasteiger partial charge is 0.140 e. The van der Waals surface area contributed by atoms with Gasteiger partial charge in [-0.15, -0.1) is 0 Å². The lowest BCUT2D eigenvalue weighted by Crippen LogP contribution is -2.46. The molecule has 3 heterocycles. The number of rotatable bonds is 6. The van der Waals surface area contributed by atoms with Crippen molar-refractivity contribution in [3.63, 3.8) is 0 Å². The first-order valence-corrected chi connectivity index (χ1v) is 8.44. The molecule has 0 amide bonds. The molecule has 0 atom stereocenters. The number of nitrogens with zero attached hydrogens (tertiary/aromatic N) is 7. The molecule has 0 spiro atoms. The van der Waals surface area contributed by atoms with Gasteiger partial charge in [-0.05, 0) is 13.3 Å². The van der Waals surface area contributed by atoms with E-state index in [0.717, 1.165) is 63.8 Å². The Bertz CT molecular complexity index is 616. The summed E-state index contributed by atoms with van der Waals surface area (Å²) in [5.41, 5.74) is 1.26. The molecule has 1 fully saturated rings. The molecule has 124 valence electrons.